The van der Waals surface area contributed by atoms with Gasteiger partial charge >= 0.3 is 0 Å². The van der Waals surface area contributed by atoms with Gasteiger partial charge < -0.3 is 0 Å². The summed E-state index contributed by atoms with van der Waals surface area (Å²) in [4.78, 5) is 8.31. The van der Waals surface area contributed by atoms with Crippen LogP contribution in [0.2, 0.25) is 0 Å². The molecule has 1 aromatic carbocycles. The van der Waals surface area contributed by atoms with Crippen LogP contribution in [0, 0.1) is 18.3 Å². The Morgan fingerprint density at radius 1 is 1.29 bits per heavy atom. The molecule has 0 saturated heterocycles. The maximum absolute atomic E-state index is 8.79. The van der Waals surface area contributed by atoms with Gasteiger partial charge in [-0.2, -0.15) is 5.26 Å². The number of thioether (sulfide) groups is 1. The number of hydrogen-bond donors (Lipinski definition) is 0. The molecular weight excluding hydrogens is 230 g/mol. The van der Waals surface area contributed by atoms with Gasteiger partial charge in [0.05, 0.1) is 11.6 Å². The van der Waals surface area contributed by atoms with Crippen molar-refractivity contribution in [2.24, 2.45) is 0 Å². The van der Waals surface area contributed by atoms with Crippen LogP contribution >= 0.6 is 11.8 Å². The van der Waals surface area contributed by atoms with E-state index in [0.717, 1.165) is 16.5 Å². The minimum Gasteiger partial charge on any atom is -0.231 e. The largest absolute Gasteiger partial charge is 0.231 e. The highest BCUT2D eigenvalue weighted by molar-refractivity contribution is 7.98. The second kappa shape index (κ2) is 5.46. The van der Waals surface area contributed by atoms with Crippen LogP contribution < -0.4 is 0 Å². The fraction of sp³-hybridized carbons (Fsp3) is 0.154. The van der Waals surface area contributed by atoms with Gasteiger partial charge in [0, 0.05) is 18.1 Å². The number of aromatic nitrogens is 2. The summed E-state index contributed by atoms with van der Waals surface area (Å²) >= 11 is 1.60. The molecule has 84 valence electrons. The van der Waals surface area contributed by atoms with Gasteiger partial charge in [0.1, 0.15) is 0 Å². The summed E-state index contributed by atoms with van der Waals surface area (Å²) in [6.45, 7) is 2.02. The minimum absolute atomic E-state index is 0.701. The van der Waals surface area contributed by atoms with Crippen LogP contribution in [0.25, 0.3) is 0 Å². The minimum atomic E-state index is 0.701. The molecule has 0 bridgehead atoms. The van der Waals surface area contributed by atoms with E-state index >= 15 is 0 Å². The molecule has 0 aliphatic rings. The Bertz CT molecular complexity index is 546. The average molecular weight is 241 g/mol. The van der Waals surface area contributed by atoms with Gasteiger partial charge in [-0.3, -0.25) is 0 Å². The number of hydrogen-bond acceptors (Lipinski definition) is 4. The summed E-state index contributed by atoms with van der Waals surface area (Å²) in [5, 5.41) is 9.56. The highest BCUT2D eigenvalue weighted by Crippen LogP contribution is 2.21. The molecule has 0 aliphatic heterocycles. The lowest BCUT2D eigenvalue weighted by molar-refractivity contribution is 0.966. The van der Waals surface area contributed by atoms with Crippen molar-refractivity contribution in [3.8, 4) is 6.07 Å². The molecule has 0 fully saturated rings. The Morgan fingerprint density at radius 3 is 2.71 bits per heavy atom. The summed E-state index contributed by atoms with van der Waals surface area (Å²) in [7, 11) is 0. The Labute approximate surface area is 105 Å². The Hall–Kier alpha value is -1.86. The number of benzene rings is 1. The summed E-state index contributed by atoms with van der Waals surface area (Å²) in [6, 6.07) is 9.68. The molecule has 0 spiro atoms. The van der Waals surface area contributed by atoms with Crippen molar-refractivity contribution >= 4 is 11.8 Å². The van der Waals surface area contributed by atoms with E-state index in [4.69, 9.17) is 5.26 Å². The number of rotatable bonds is 3. The first kappa shape index (κ1) is 11.6. The lowest BCUT2D eigenvalue weighted by Crippen LogP contribution is -1.90. The topological polar surface area (TPSA) is 49.6 Å². The molecule has 0 atom stereocenters. The molecule has 0 radical (unpaired) electrons. The number of nitrogens with zero attached hydrogens (tertiary/aromatic N) is 3. The van der Waals surface area contributed by atoms with Crippen LogP contribution in [0.1, 0.15) is 16.7 Å². The van der Waals surface area contributed by atoms with Crippen LogP contribution in [0.4, 0.5) is 0 Å². The monoisotopic (exact) mass is 241 g/mol. The third kappa shape index (κ3) is 3.05. The molecule has 0 N–H and O–H groups in total. The van der Waals surface area contributed by atoms with Gasteiger partial charge in [0.2, 0.25) is 0 Å². The van der Waals surface area contributed by atoms with Crippen molar-refractivity contribution in [3.05, 3.63) is 53.3 Å². The third-order valence-corrected chi connectivity index (χ3v) is 3.29. The SMILES string of the molecule is Cc1cc(C#N)ccc1CSc1ncccn1. The van der Waals surface area contributed by atoms with Gasteiger partial charge in [-0.1, -0.05) is 17.8 Å². The first-order chi connectivity index (χ1) is 8.29. The van der Waals surface area contributed by atoms with Gasteiger partial charge in [0.25, 0.3) is 0 Å². The van der Waals surface area contributed by atoms with E-state index in [9.17, 15) is 0 Å². The third-order valence-electron chi connectivity index (χ3n) is 2.37. The molecule has 0 amide bonds. The number of nitriles is 1. The van der Waals surface area contributed by atoms with Crippen molar-refractivity contribution in [2.75, 3.05) is 0 Å². The molecule has 3 nitrogen and oxygen atoms in total. The van der Waals surface area contributed by atoms with Crippen LogP contribution in [-0.4, -0.2) is 9.97 Å². The van der Waals surface area contributed by atoms with Crippen LogP contribution in [-0.2, 0) is 5.75 Å². The molecule has 0 unspecified atom stereocenters. The number of aryl methyl sites for hydroxylation is 1. The maximum atomic E-state index is 8.79. The summed E-state index contributed by atoms with van der Waals surface area (Å²) < 4.78 is 0. The Morgan fingerprint density at radius 2 is 2.06 bits per heavy atom. The average Bonchev–Trinajstić information content (AvgIpc) is 2.38. The molecule has 0 aliphatic carbocycles. The van der Waals surface area contributed by atoms with Crippen molar-refractivity contribution in [2.45, 2.75) is 17.8 Å². The zero-order valence-electron chi connectivity index (χ0n) is 9.42. The smallest absolute Gasteiger partial charge is 0.187 e. The van der Waals surface area contributed by atoms with Gasteiger partial charge in [0.15, 0.2) is 5.16 Å². The van der Waals surface area contributed by atoms with Crippen molar-refractivity contribution in [1.29, 1.82) is 5.26 Å². The molecule has 1 aromatic heterocycles. The zero-order chi connectivity index (χ0) is 12.1. The van der Waals surface area contributed by atoms with E-state index in [1.54, 1.807) is 30.2 Å². The van der Waals surface area contributed by atoms with E-state index in [0.29, 0.717) is 5.56 Å². The van der Waals surface area contributed by atoms with Gasteiger partial charge in [-0.05, 0) is 36.2 Å². The van der Waals surface area contributed by atoms with E-state index in [1.165, 1.54) is 5.56 Å². The molecule has 1 heterocycles. The Balaban J connectivity index is 2.08. The first-order valence-electron chi connectivity index (χ1n) is 5.19. The maximum Gasteiger partial charge on any atom is 0.187 e. The van der Waals surface area contributed by atoms with Gasteiger partial charge in [-0.15, -0.1) is 0 Å². The predicted molar refractivity (Wildman–Crippen MR) is 67.5 cm³/mol. The fourth-order valence-corrected chi connectivity index (χ4v) is 2.31. The van der Waals surface area contributed by atoms with Crippen molar-refractivity contribution in [3.63, 3.8) is 0 Å². The summed E-state index contributed by atoms with van der Waals surface area (Å²) in [5.74, 6) is 0.821. The molecule has 2 aromatic rings. The highest BCUT2D eigenvalue weighted by atomic mass is 32.2. The molecular formula is C13H11N3S. The van der Waals surface area contributed by atoms with E-state index in [-0.39, 0.29) is 0 Å². The van der Waals surface area contributed by atoms with Crippen LogP contribution in [0.15, 0.2) is 41.8 Å². The van der Waals surface area contributed by atoms with E-state index < -0.39 is 0 Å². The summed E-state index contributed by atoms with van der Waals surface area (Å²) in [5.41, 5.74) is 3.04. The predicted octanol–water partition coefficient (Wildman–Crippen LogP) is 2.95. The molecule has 2 rings (SSSR count). The lowest BCUT2D eigenvalue weighted by atomic mass is 10.1. The molecule has 17 heavy (non-hydrogen) atoms. The lowest BCUT2D eigenvalue weighted by Gasteiger charge is -2.04. The summed E-state index contributed by atoms with van der Waals surface area (Å²) in [6.07, 6.45) is 3.47. The molecule has 4 heteroatoms. The van der Waals surface area contributed by atoms with Crippen molar-refractivity contribution in [1.82, 2.24) is 9.97 Å². The normalized spacial score (nSPS) is 9.88. The zero-order valence-corrected chi connectivity index (χ0v) is 10.2. The van der Waals surface area contributed by atoms with E-state index in [1.807, 2.05) is 25.1 Å². The first-order valence-corrected chi connectivity index (χ1v) is 6.17. The Kier molecular flexibility index (Phi) is 3.73. The second-order valence-electron chi connectivity index (χ2n) is 3.57. The van der Waals surface area contributed by atoms with E-state index in [2.05, 4.69) is 16.0 Å². The van der Waals surface area contributed by atoms with Crippen LogP contribution in [0.3, 0.4) is 0 Å². The fourth-order valence-electron chi connectivity index (χ4n) is 1.43. The van der Waals surface area contributed by atoms with Crippen LogP contribution in [0.5, 0.6) is 0 Å². The molecule has 0 saturated carbocycles. The highest BCUT2D eigenvalue weighted by Gasteiger charge is 2.02. The quantitative estimate of drug-likeness (QED) is 0.612. The second-order valence-corrected chi connectivity index (χ2v) is 4.52. The van der Waals surface area contributed by atoms with Crippen molar-refractivity contribution < 1.29 is 0 Å². The standard InChI is InChI=1S/C13H11N3S/c1-10-7-11(8-14)3-4-12(10)9-17-13-15-5-2-6-16-13/h2-7H,9H2,1H3. The van der Waals surface area contributed by atoms with Gasteiger partial charge in [-0.25, -0.2) is 9.97 Å².